The smallest absolute Gasteiger partial charge is 0.233 e. The third kappa shape index (κ3) is 1.69. The van der Waals surface area contributed by atoms with E-state index in [4.69, 9.17) is 0 Å². The second-order valence-electron chi connectivity index (χ2n) is 6.58. The zero-order chi connectivity index (χ0) is 14.7. The molecule has 4 heteroatoms. The second kappa shape index (κ2) is 4.34. The molecular weight excluding hydrogens is 264 g/mol. The number of carbonyl (C=O) groups is 1. The van der Waals surface area contributed by atoms with Crippen molar-refractivity contribution < 1.29 is 9.90 Å². The van der Waals surface area contributed by atoms with Crippen LogP contribution in [0.3, 0.4) is 0 Å². The predicted molar refractivity (Wildman–Crippen MR) is 82.0 cm³/mol. The van der Waals surface area contributed by atoms with Gasteiger partial charge in [-0.3, -0.25) is 9.69 Å². The molecule has 0 spiro atoms. The molecule has 1 N–H and O–H groups in total. The number of aliphatic hydroxyl groups excluding tert-OH is 1. The summed E-state index contributed by atoms with van der Waals surface area (Å²) < 4.78 is 0. The Hall–Kier alpha value is -1.81. The lowest BCUT2D eigenvalue weighted by molar-refractivity contribution is -0.121. The topological polar surface area (TPSA) is 43.8 Å². The van der Waals surface area contributed by atoms with Crippen molar-refractivity contribution in [2.24, 2.45) is 23.7 Å². The van der Waals surface area contributed by atoms with Crippen molar-refractivity contribution in [3.05, 3.63) is 36.4 Å². The van der Waals surface area contributed by atoms with Crippen LogP contribution in [-0.2, 0) is 4.79 Å². The average molecular weight is 284 g/mol. The molecule has 2 fully saturated rings. The van der Waals surface area contributed by atoms with Crippen LogP contribution in [0.25, 0.3) is 0 Å². The van der Waals surface area contributed by atoms with E-state index in [0.29, 0.717) is 11.8 Å². The van der Waals surface area contributed by atoms with Crippen molar-refractivity contribution in [1.29, 1.82) is 0 Å². The molecule has 2 bridgehead atoms. The number of nitrogens with zero attached hydrogens (tertiary/aromatic N) is 2. The van der Waals surface area contributed by atoms with Crippen LogP contribution in [0.2, 0.25) is 0 Å². The van der Waals surface area contributed by atoms with Crippen LogP contribution in [0, 0.1) is 23.7 Å². The van der Waals surface area contributed by atoms with Gasteiger partial charge in [0.25, 0.3) is 0 Å². The summed E-state index contributed by atoms with van der Waals surface area (Å²) in [4.78, 5) is 16.3. The van der Waals surface area contributed by atoms with Crippen LogP contribution in [-0.4, -0.2) is 31.3 Å². The molecule has 1 unspecified atom stereocenters. The van der Waals surface area contributed by atoms with E-state index < -0.39 is 6.23 Å². The molecule has 1 amide bonds. The van der Waals surface area contributed by atoms with Gasteiger partial charge < -0.3 is 10.0 Å². The Bertz CT molecular complexity index is 608. The number of benzene rings is 1. The summed E-state index contributed by atoms with van der Waals surface area (Å²) in [6, 6.07) is 7.81. The first-order chi connectivity index (χ1) is 10.1. The first-order valence-electron chi connectivity index (χ1n) is 7.55. The predicted octanol–water partition coefficient (Wildman–Crippen LogP) is 1.86. The van der Waals surface area contributed by atoms with Crippen LogP contribution in [0.1, 0.15) is 6.42 Å². The number of anilines is 2. The Labute approximate surface area is 124 Å². The highest BCUT2D eigenvalue weighted by molar-refractivity contribution is 5.99. The average Bonchev–Trinajstić information content (AvgIpc) is 3.13. The number of amides is 1. The first-order valence-corrected chi connectivity index (χ1v) is 7.55. The van der Waals surface area contributed by atoms with Gasteiger partial charge in [0, 0.05) is 31.4 Å². The lowest BCUT2D eigenvalue weighted by atomic mass is 9.85. The minimum atomic E-state index is -0.687. The summed E-state index contributed by atoms with van der Waals surface area (Å²) in [5, 5.41) is 10.6. The Morgan fingerprint density at radius 3 is 2.43 bits per heavy atom. The third-order valence-electron chi connectivity index (χ3n) is 5.30. The van der Waals surface area contributed by atoms with E-state index in [0.717, 1.165) is 17.8 Å². The van der Waals surface area contributed by atoms with E-state index in [9.17, 15) is 9.90 Å². The molecule has 110 valence electrons. The van der Waals surface area contributed by atoms with E-state index in [1.807, 2.05) is 43.3 Å². The number of aliphatic hydroxyl groups is 1. The van der Waals surface area contributed by atoms with Gasteiger partial charge in [-0.05, 0) is 42.5 Å². The summed E-state index contributed by atoms with van der Waals surface area (Å²) in [6.45, 7) is 0. The molecule has 1 heterocycles. The third-order valence-corrected chi connectivity index (χ3v) is 5.30. The summed E-state index contributed by atoms with van der Waals surface area (Å²) >= 11 is 0. The zero-order valence-electron chi connectivity index (χ0n) is 12.3. The summed E-state index contributed by atoms with van der Waals surface area (Å²) in [7, 11) is 3.97. The maximum absolute atomic E-state index is 12.7. The maximum atomic E-state index is 12.7. The van der Waals surface area contributed by atoms with Crippen molar-refractivity contribution in [2.45, 2.75) is 12.6 Å². The van der Waals surface area contributed by atoms with Gasteiger partial charge in [0.05, 0.1) is 5.92 Å². The summed E-state index contributed by atoms with van der Waals surface area (Å²) in [6.07, 6.45) is 4.69. The highest BCUT2D eigenvalue weighted by atomic mass is 16.3. The molecular formula is C17H20N2O2. The van der Waals surface area contributed by atoms with Crippen LogP contribution in [0.4, 0.5) is 11.4 Å². The van der Waals surface area contributed by atoms with Gasteiger partial charge >= 0.3 is 0 Å². The molecule has 1 saturated carbocycles. The Balaban J connectivity index is 1.66. The van der Waals surface area contributed by atoms with E-state index >= 15 is 0 Å². The normalized spacial score (nSPS) is 36.4. The number of hydrogen-bond donors (Lipinski definition) is 1. The Kier molecular flexibility index (Phi) is 2.67. The second-order valence-corrected chi connectivity index (χ2v) is 6.58. The lowest BCUT2D eigenvalue weighted by Crippen LogP contribution is -2.36. The molecule has 0 radical (unpaired) electrons. The van der Waals surface area contributed by atoms with Crippen molar-refractivity contribution >= 4 is 17.3 Å². The standard InChI is InChI=1S/C17H20N2O2/c1-18(2)12-5-7-13(8-6-12)19-16(20)14-10-3-4-11(9-10)15(14)17(19)21/h3-8,10-11,14-16,20H,9H2,1-2H3/t10-,11+,14-,15+,16?/m1/s1. The zero-order valence-corrected chi connectivity index (χ0v) is 12.3. The highest BCUT2D eigenvalue weighted by Crippen LogP contribution is 2.54. The van der Waals surface area contributed by atoms with E-state index in [1.54, 1.807) is 4.90 Å². The Morgan fingerprint density at radius 1 is 1.14 bits per heavy atom. The van der Waals surface area contributed by atoms with Crippen molar-refractivity contribution in [3.63, 3.8) is 0 Å². The van der Waals surface area contributed by atoms with Crippen molar-refractivity contribution in [3.8, 4) is 0 Å². The van der Waals surface area contributed by atoms with Crippen LogP contribution < -0.4 is 9.80 Å². The summed E-state index contributed by atoms with van der Waals surface area (Å²) in [5.74, 6) is 0.824. The monoisotopic (exact) mass is 284 g/mol. The molecule has 2 aliphatic carbocycles. The fourth-order valence-electron chi connectivity index (χ4n) is 4.27. The number of carbonyl (C=O) groups excluding carboxylic acids is 1. The fraction of sp³-hybridized carbons (Fsp3) is 0.471. The lowest BCUT2D eigenvalue weighted by Gasteiger charge is -2.25. The van der Waals surface area contributed by atoms with Crippen LogP contribution in [0.5, 0.6) is 0 Å². The molecule has 1 saturated heterocycles. The number of fused-ring (bicyclic) bond motifs is 5. The first kappa shape index (κ1) is 12.9. The molecule has 4 nitrogen and oxygen atoms in total. The van der Waals surface area contributed by atoms with Gasteiger partial charge in [-0.2, -0.15) is 0 Å². The number of rotatable bonds is 2. The van der Waals surface area contributed by atoms with Gasteiger partial charge in [0.1, 0.15) is 6.23 Å². The quantitative estimate of drug-likeness (QED) is 0.843. The van der Waals surface area contributed by atoms with Gasteiger partial charge in [0.2, 0.25) is 5.91 Å². The molecule has 1 aliphatic heterocycles. The molecule has 3 aliphatic rings. The van der Waals surface area contributed by atoms with Crippen molar-refractivity contribution in [1.82, 2.24) is 0 Å². The van der Waals surface area contributed by atoms with Crippen molar-refractivity contribution in [2.75, 3.05) is 23.9 Å². The van der Waals surface area contributed by atoms with Gasteiger partial charge in [0.15, 0.2) is 0 Å². The molecule has 1 aromatic rings. The van der Waals surface area contributed by atoms with Gasteiger partial charge in [-0.1, -0.05) is 12.2 Å². The summed E-state index contributed by atoms with van der Waals surface area (Å²) in [5.41, 5.74) is 1.88. The molecule has 1 aromatic carbocycles. The highest BCUT2D eigenvalue weighted by Gasteiger charge is 2.59. The van der Waals surface area contributed by atoms with Crippen LogP contribution >= 0.6 is 0 Å². The molecule has 5 atom stereocenters. The number of hydrogen-bond acceptors (Lipinski definition) is 3. The molecule has 21 heavy (non-hydrogen) atoms. The minimum Gasteiger partial charge on any atom is -0.378 e. The fourth-order valence-corrected chi connectivity index (χ4v) is 4.27. The SMILES string of the molecule is CN(C)c1ccc(N2C(=O)[C@@H]3[C@H](C2O)[C@@H]2C=C[C@H]3C2)cc1. The van der Waals surface area contributed by atoms with Gasteiger partial charge in [-0.15, -0.1) is 0 Å². The molecule has 4 rings (SSSR count). The van der Waals surface area contributed by atoms with Crippen LogP contribution in [0.15, 0.2) is 36.4 Å². The number of allylic oxidation sites excluding steroid dienone is 2. The van der Waals surface area contributed by atoms with Gasteiger partial charge in [-0.25, -0.2) is 0 Å². The van der Waals surface area contributed by atoms with E-state index in [2.05, 4.69) is 12.2 Å². The molecule has 0 aromatic heterocycles. The minimum absolute atomic E-state index is 0.0245. The van der Waals surface area contributed by atoms with E-state index in [-0.39, 0.29) is 17.7 Å². The largest absolute Gasteiger partial charge is 0.378 e. The maximum Gasteiger partial charge on any atom is 0.233 e. The van der Waals surface area contributed by atoms with E-state index in [1.165, 1.54) is 0 Å². The Morgan fingerprint density at radius 2 is 1.81 bits per heavy atom.